The molecule has 0 spiro atoms. The Morgan fingerprint density at radius 1 is 1.00 bits per heavy atom. The molecule has 25 heavy (non-hydrogen) atoms. The fraction of sp³-hybridized carbons (Fsp3) is 0.895. The van der Waals surface area contributed by atoms with Crippen LogP contribution in [-0.2, 0) is 9.59 Å². The standard InChI is InChI=1S/C19H40N4O2/c1-18(2,3)11-14(10-15(12-20)19(4,5)6)13-22-16(24)8-9-17(25)23-21-7/h14-15,21H,8-13,20H2,1-7H3,(H,22,24)(H,23,25). The van der Waals surface area contributed by atoms with Crippen LogP contribution < -0.4 is 21.9 Å². The van der Waals surface area contributed by atoms with Gasteiger partial charge >= 0.3 is 0 Å². The Labute approximate surface area is 154 Å². The summed E-state index contributed by atoms with van der Waals surface area (Å²) < 4.78 is 0. The highest BCUT2D eigenvalue weighted by Crippen LogP contribution is 2.34. The van der Waals surface area contributed by atoms with Crippen LogP contribution in [0, 0.1) is 22.7 Å². The summed E-state index contributed by atoms with van der Waals surface area (Å²) in [6.45, 7) is 14.6. The van der Waals surface area contributed by atoms with E-state index in [9.17, 15) is 9.59 Å². The first-order valence-corrected chi connectivity index (χ1v) is 9.31. The Hall–Kier alpha value is -1.14. The summed E-state index contributed by atoms with van der Waals surface area (Å²) in [5.74, 6) is 0.533. The van der Waals surface area contributed by atoms with Gasteiger partial charge in [-0.3, -0.25) is 15.0 Å². The van der Waals surface area contributed by atoms with Crippen LogP contribution in [0.3, 0.4) is 0 Å². The minimum Gasteiger partial charge on any atom is -0.356 e. The van der Waals surface area contributed by atoms with Crippen LogP contribution >= 0.6 is 0 Å². The van der Waals surface area contributed by atoms with Gasteiger partial charge in [-0.15, -0.1) is 0 Å². The predicted molar refractivity (Wildman–Crippen MR) is 104 cm³/mol. The van der Waals surface area contributed by atoms with Crippen LogP contribution in [0.15, 0.2) is 0 Å². The molecule has 0 rings (SSSR count). The van der Waals surface area contributed by atoms with Crippen LogP contribution in [0.2, 0.25) is 0 Å². The van der Waals surface area contributed by atoms with Gasteiger partial charge in [0.05, 0.1) is 0 Å². The molecule has 0 saturated heterocycles. The molecule has 0 aliphatic rings. The third-order valence-corrected chi connectivity index (χ3v) is 4.46. The Kier molecular flexibility index (Phi) is 10.3. The summed E-state index contributed by atoms with van der Waals surface area (Å²) in [6.07, 6.45) is 2.41. The lowest BCUT2D eigenvalue weighted by Gasteiger charge is -2.35. The number of carbonyl (C=O) groups excluding carboxylic acids is 2. The second kappa shape index (κ2) is 10.8. The van der Waals surface area contributed by atoms with E-state index >= 15 is 0 Å². The molecule has 0 aromatic heterocycles. The molecule has 2 unspecified atom stereocenters. The number of hydrogen-bond acceptors (Lipinski definition) is 4. The van der Waals surface area contributed by atoms with Gasteiger partial charge in [0, 0.05) is 26.4 Å². The number of carbonyl (C=O) groups is 2. The Morgan fingerprint density at radius 3 is 2.00 bits per heavy atom. The van der Waals surface area contributed by atoms with Gasteiger partial charge in [-0.25, -0.2) is 5.43 Å². The molecule has 6 heteroatoms. The van der Waals surface area contributed by atoms with Crippen molar-refractivity contribution in [3.05, 3.63) is 0 Å². The fourth-order valence-electron chi connectivity index (χ4n) is 3.09. The molecule has 0 bridgehead atoms. The maximum atomic E-state index is 12.0. The van der Waals surface area contributed by atoms with E-state index in [4.69, 9.17) is 5.73 Å². The molecule has 0 heterocycles. The fourth-order valence-corrected chi connectivity index (χ4v) is 3.09. The van der Waals surface area contributed by atoms with Crippen LogP contribution in [0.1, 0.15) is 67.2 Å². The predicted octanol–water partition coefficient (Wildman–Crippen LogP) is 2.20. The van der Waals surface area contributed by atoms with E-state index in [1.165, 1.54) is 0 Å². The van der Waals surface area contributed by atoms with Gasteiger partial charge < -0.3 is 11.1 Å². The molecule has 6 nitrogen and oxygen atoms in total. The van der Waals surface area contributed by atoms with E-state index in [2.05, 4.69) is 57.7 Å². The Bertz CT molecular complexity index is 411. The molecule has 5 N–H and O–H groups in total. The van der Waals surface area contributed by atoms with Crippen molar-refractivity contribution in [2.75, 3.05) is 20.1 Å². The van der Waals surface area contributed by atoms with Crippen LogP contribution in [0.4, 0.5) is 0 Å². The summed E-state index contributed by atoms with van der Waals surface area (Å²) >= 11 is 0. The monoisotopic (exact) mass is 356 g/mol. The van der Waals surface area contributed by atoms with Gasteiger partial charge in [-0.2, -0.15) is 0 Å². The topological polar surface area (TPSA) is 96.2 Å². The highest BCUT2D eigenvalue weighted by atomic mass is 16.2. The second-order valence-electron chi connectivity index (χ2n) is 9.27. The average molecular weight is 357 g/mol. The third-order valence-electron chi connectivity index (χ3n) is 4.46. The Morgan fingerprint density at radius 2 is 1.56 bits per heavy atom. The van der Waals surface area contributed by atoms with Crippen molar-refractivity contribution >= 4 is 11.8 Å². The van der Waals surface area contributed by atoms with E-state index < -0.39 is 0 Å². The minimum atomic E-state index is -0.181. The molecular formula is C19H40N4O2. The minimum absolute atomic E-state index is 0.0785. The smallest absolute Gasteiger partial charge is 0.234 e. The maximum absolute atomic E-state index is 12.0. The molecule has 2 amide bonds. The van der Waals surface area contributed by atoms with E-state index in [1.54, 1.807) is 7.05 Å². The van der Waals surface area contributed by atoms with Crippen molar-refractivity contribution in [1.29, 1.82) is 0 Å². The molecule has 0 aliphatic heterocycles. The molecule has 0 aliphatic carbocycles. The number of hydrazine groups is 1. The van der Waals surface area contributed by atoms with Gasteiger partial charge in [-0.1, -0.05) is 41.5 Å². The summed E-state index contributed by atoms with van der Waals surface area (Å²) in [7, 11) is 1.62. The first-order chi connectivity index (χ1) is 11.4. The third kappa shape index (κ3) is 11.9. The highest BCUT2D eigenvalue weighted by molar-refractivity contribution is 5.83. The number of hydrogen-bond donors (Lipinski definition) is 4. The normalized spacial score (nSPS) is 14.7. The van der Waals surface area contributed by atoms with Gasteiger partial charge in [-0.05, 0) is 42.1 Å². The Balaban J connectivity index is 4.64. The van der Waals surface area contributed by atoms with Crippen molar-refractivity contribution in [3.8, 4) is 0 Å². The summed E-state index contributed by atoms with van der Waals surface area (Å²) in [5, 5.41) is 3.00. The molecule has 0 aromatic rings. The zero-order chi connectivity index (χ0) is 19.7. The first kappa shape index (κ1) is 23.9. The molecule has 0 aromatic carbocycles. The van der Waals surface area contributed by atoms with Crippen molar-refractivity contribution in [1.82, 2.24) is 16.2 Å². The largest absolute Gasteiger partial charge is 0.356 e. The number of rotatable bonds is 10. The molecule has 148 valence electrons. The van der Waals surface area contributed by atoms with Crippen molar-refractivity contribution in [2.45, 2.75) is 67.2 Å². The van der Waals surface area contributed by atoms with Gasteiger partial charge in [0.2, 0.25) is 11.8 Å². The average Bonchev–Trinajstić information content (AvgIpc) is 2.45. The maximum Gasteiger partial charge on any atom is 0.234 e. The lowest BCUT2D eigenvalue weighted by molar-refractivity contribution is -0.127. The molecule has 0 fully saturated rings. The highest BCUT2D eigenvalue weighted by Gasteiger charge is 2.28. The van der Waals surface area contributed by atoms with E-state index in [-0.39, 0.29) is 35.5 Å². The van der Waals surface area contributed by atoms with Gasteiger partial charge in [0.15, 0.2) is 0 Å². The summed E-state index contributed by atoms with van der Waals surface area (Å²) in [6, 6.07) is 0. The lowest BCUT2D eigenvalue weighted by atomic mass is 9.72. The van der Waals surface area contributed by atoms with Crippen LogP contribution in [-0.4, -0.2) is 32.0 Å². The second-order valence-corrected chi connectivity index (χ2v) is 9.27. The molecule has 0 saturated carbocycles. The first-order valence-electron chi connectivity index (χ1n) is 9.31. The number of nitrogens with one attached hydrogen (secondary N) is 3. The molecule has 2 atom stereocenters. The number of nitrogens with two attached hydrogens (primary N) is 1. The zero-order valence-corrected chi connectivity index (χ0v) is 17.3. The van der Waals surface area contributed by atoms with E-state index in [0.717, 1.165) is 12.8 Å². The quantitative estimate of drug-likeness (QED) is 0.451. The van der Waals surface area contributed by atoms with Crippen molar-refractivity contribution < 1.29 is 9.59 Å². The lowest BCUT2D eigenvalue weighted by Crippen LogP contribution is -2.37. The number of amides is 2. The van der Waals surface area contributed by atoms with Crippen molar-refractivity contribution in [2.24, 2.45) is 28.4 Å². The van der Waals surface area contributed by atoms with Gasteiger partial charge in [0.1, 0.15) is 0 Å². The van der Waals surface area contributed by atoms with Gasteiger partial charge in [0.25, 0.3) is 0 Å². The summed E-state index contributed by atoms with van der Waals surface area (Å²) in [5.41, 5.74) is 11.4. The van der Waals surface area contributed by atoms with Crippen molar-refractivity contribution in [3.63, 3.8) is 0 Å². The van der Waals surface area contributed by atoms with E-state index in [0.29, 0.717) is 24.9 Å². The zero-order valence-electron chi connectivity index (χ0n) is 17.3. The molecular weight excluding hydrogens is 316 g/mol. The summed E-state index contributed by atoms with van der Waals surface area (Å²) in [4.78, 5) is 23.4. The van der Waals surface area contributed by atoms with E-state index in [1.807, 2.05) is 0 Å². The SMILES string of the molecule is CNNC(=O)CCC(=O)NCC(CC(CN)C(C)(C)C)CC(C)(C)C. The van der Waals surface area contributed by atoms with Crippen LogP contribution in [0.25, 0.3) is 0 Å². The van der Waals surface area contributed by atoms with Crippen LogP contribution in [0.5, 0.6) is 0 Å². The molecule has 0 radical (unpaired) electrons.